The smallest absolute Gasteiger partial charge is 0.350 e. The fraction of sp³-hybridized carbons (Fsp3) is 0.174. The van der Waals surface area contributed by atoms with Gasteiger partial charge in [-0.15, -0.1) is 12.4 Å². The minimum Gasteiger partial charge on any atom is -0.476 e. The number of aromatic nitrogens is 1. The SMILES string of the molecule is CC(C)(Oc1ccc(C(=O)c2ccc(Cl)cc2)cc1)C(=O)OCc1cccnc1.Cl. The number of halogens is 2. The summed E-state index contributed by atoms with van der Waals surface area (Å²) in [6.45, 7) is 3.38. The number of hydrogen-bond acceptors (Lipinski definition) is 5. The minimum absolute atomic E-state index is 0. The highest BCUT2D eigenvalue weighted by atomic mass is 35.5. The van der Waals surface area contributed by atoms with Gasteiger partial charge in [-0.3, -0.25) is 9.78 Å². The molecule has 0 fully saturated rings. The van der Waals surface area contributed by atoms with Gasteiger partial charge in [0.2, 0.25) is 0 Å². The maximum atomic E-state index is 12.5. The van der Waals surface area contributed by atoms with Crippen LogP contribution < -0.4 is 4.74 Å². The molecule has 1 aromatic heterocycles. The van der Waals surface area contributed by atoms with Crippen LogP contribution in [0.25, 0.3) is 0 Å². The fourth-order valence-electron chi connectivity index (χ4n) is 2.58. The fourth-order valence-corrected chi connectivity index (χ4v) is 2.71. The molecule has 0 bridgehead atoms. The lowest BCUT2D eigenvalue weighted by Crippen LogP contribution is -2.39. The van der Waals surface area contributed by atoms with Crippen molar-refractivity contribution in [3.63, 3.8) is 0 Å². The molecule has 0 aliphatic carbocycles. The van der Waals surface area contributed by atoms with E-state index in [1.165, 1.54) is 0 Å². The van der Waals surface area contributed by atoms with Gasteiger partial charge in [0.25, 0.3) is 0 Å². The molecule has 0 saturated carbocycles. The Morgan fingerprint density at radius 1 is 0.967 bits per heavy atom. The third kappa shape index (κ3) is 6.05. The van der Waals surface area contributed by atoms with E-state index in [1.54, 1.807) is 80.8 Å². The van der Waals surface area contributed by atoms with Crippen molar-refractivity contribution in [2.75, 3.05) is 0 Å². The van der Waals surface area contributed by atoms with Crippen molar-refractivity contribution < 1.29 is 19.1 Å². The Kier molecular flexibility index (Phi) is 7.98. The normalized spacial score (nSPS) is 10.6. The minimum atomic E-state index is -1.19. The number of carbonyl (C=O) groups is 2. The Balaban J connectivity index is 0.00000320. The Hall–Kier alpha value is -2.89. The summed E-state index contributed by atoms with van der Waals surface area (Å²) in [4.78, 5) is 28.9. The Morgan fingerprint density at radius 2 is 1.57 bits per heavy atom. The van der Waals surface area contributed by atoms with Crippen LogP contribution in [0.4, 0.5) is 0 Å². The van der Waals surface area contributed by atoms with Crippen LogP contribution in [0.2, 0.25) is 5.02 Å². The van der Waals surface area contributed by atoms with Gasteiger partial charge in [0.1, 0.15) is 12.4 Å². The molecule has 7 heteroatoms. The highest BCUT2D eigenvalue weighted by Gasteiger charge is 2.32. The lowest BCUT2D eigenvalue weighted by atomic mass is 10.0. The molecule has 2 aromatic carbocycles. The third-order valence-corrected chi connectivity index (χ3v) is 4.43. The average molecular weight is 446 g/mol. The summed E-state index contributed by atoms with van der Waals surface area (Å²) in [6.07, 6.45) is 3.29. The first-order valence-corrected chi connectivity index (χ1v) is 9.38. The molecule has 0 N–H and O–H groups in total. The standard InChI is InChI=1S/C23H20ClNO4.ClH/c1-23(2,22(27)28-15-16-4-3-13-25-14-16)29-20-11-7-18(8-12-20)21(26)17-5-9-19(24)10-6-17;/h3-14H,15H2,1-2H3;1H. The van der Waals surface area contributed by atoms with E-state index in [9.17, 15) is 9.59 Å². The van der Waals surface area contributed by atoms with Crippen molar-refractivity contribution in [1.82, 2.24) is 4.98 Å². The van der Waals surface area contributed by atoms with Gasteiger partial charge < -0.3 is 9.47 Å². The van der Waals surface area contributed by atoms with E-state index in [0.29, 0.717) is 21.9 Å². The van der Waals surface area contributed by atoms with Gasteiger partial charge in [0.15, 0.2) is 11.4 Å². The van der Waals surface area contributed by atoms with Crippen molar-refractivity contribution in [3.05, 3.63) is 94.8 Å². The zero-order chi connectivity index (χ0) is 20.9. The second-order valence-electron chi connectivity index (χ2n) is 6.91. The number of benzene rings is 2. The number of hydrogen-bond donors (Lipinski definition) is 0. The van der Waals surface area contributed by atoms with Crippen LogP contribution in [-0.2, 0) is 16.1 Å². The second kappa shape index (κ2) is 10.2. The van der Waals surface area contributed by atoms with Gasteiger partial charge in [-0.1, -0.05) is 17.7 Å². The number of ketones is 1. The second-order valence-corrected chi connectivity index (χ2v) is 7.35. The van der Waals surface area contributed by atoms with Crippen LogP contribution in [0.3, 0.4) is 0 Å². The molecule has 5 nitrogen and oxygen atoms in total. The molecule has 156 valence electrons. The van der Waals surface area contributed by atoms with Crippen molar-refractivity contribution >= 4 is 35.8 Å². The molecule has 3 rings (SSSR count). The van der Waals surface area contributed by atoms with Gasteiger partial charge in [-0.2, -0.15) is 0 Å². The number of pyridine rings is 1. The van der Waals surface area contributed by atoms with E-state index in [-0.39, 0.29) is 24.8 Å². The van der Waals surface area contributed by atoms with E-state index >= 15 is 0 Å². The summed E-state index contributed by atoms with van der Waals surface area (Å²) in [7, 11) is 0. The molecule has 0 radical (unpaired) electrons. The lowest BCUT2D eigenvalue weighted by Gasteiger charge is -2.24. The highest BCUT2D eigenvalue weighted by Crippen LogP contribution is 2.22. The van der Waals surface area contributed by atoms with Crippen LogP contribution in [0, 0.1) is 0 Å². The van der Waals surface area contributed by atoms with Gasteiger partial charge in [0, 0.05) is 34.1 Å². The van der Waals surface area contributed by atoms with Crippen molar-refractivity contribution in [2.24, 2.45) is 0 Å². The first kappa shape index (κ1) is 23.4. The first-order valence-electron chi connectivity index (χ1n) is 9.00. The van der Waals surface area contributed by atoms with Gasteiger partial charge in [-0.25, -0.2) is 4.79 Å². The quantitative estimate of drug-likeness (QED) is 0.365. The summed E-state index contributed by atoms with van der Waals surface area (Å²) >= 11 is 5.86. The summed E-state index contributed by atoms with van der Waals surface area (Å²) in [5, 5.41) is 0.572. The molecule has 1 heterocycles. The van der Waals surface area contributed by atoms with Crippen LogP contribution >= 0.6 is 24.0 Å². The maximum absolute atomic E-state index is 12.5. The van der Waals surface area contributed by atoms with Crippen LogP contribution in [-0.4, -0.2) is 22.3 Å². The third-order valence-electron chi connectivity index (χ3n) is 4.18. The summed E-state index contributed by atoms with van der Waals surface area (Å²) in [5.41, 5.74) is 0.657. The van der Waals surface area contributed by atoms with E-state index < -0.39 is 11.6 Å². The molecular weight excluding hydrogens is 425 g/mol. The van der Waals surface area contributed by atoms with Crippen molar-refractivity contribution in [3.8, 4) is 5.75 Å². The van der Waals surface area contributed by atoms with Gasteiger partial charge in [-0.05, 0) is 68.4 Å². The molecule has 0 amide bonds. The Labute approximate surface area is 186 Å². The zero-order valence-corrected chi connectivity index (χ0v) is 18.1. The number of nitrogens with zero attached hydrogens (tertiary/aromatic N) is 1. The van der Waals surface area contributed by atoms with E-state index in [0.717, 1.165) is 5.56 Å². The van der Waals surface area contributed by atoms with Crippen molar-refractivity contribution in [1.29, 1.82) is 0 Å². The molecule has 3 aromatic rings. The maximum Gasteiger partial charge on any atom is 0.350 e. The predicted octanol–water partition coefficient (Wildman–Crippen LogP) is 5.29. The number of ether oxygens (including phenoxy) is 2. The molecule has 0 unspecified atom stereocenters. The van der Waals surface area contributed by atoms with E-state index in [4.69, 9.17) is 21.1 Å². The summed E-state index contributed by atoms with van der Waals surface area (Å²) in [6, 6.07) is 16.9. The summed E-state index contributed by atoms with van der Waals surface area (Å²) < 4.78 is 11.1. The predicted molar refractivity (Wildman–Crippen MR) is 117 cm³/mol. The lowest BCUT2D eigenvalue weighted by molar-refractivity contribution is -0.160. The number of carbonyl (C=O) groups excluding carboxylic acids is 2. The monoisotopic (exact) mass is 445 g/mol. The van der Waals surface area contributed by atoms with E-state index in [1.807, 2.05) is 6.07 Å². The van der Waals surface area contributed by atoms with Crippen LogP contribution in [0.1, 0.15) is 35.3 Å². The topological polar surface area (TPSA) is 65.5 Å². The van der Waals surface area contributed by atoms with Gasteiger partial charge in [0.05, 0.1) is 0 Å². The van der Waals surface area contributed by atoms with Crippen molar-refractivity contribution in [2.45, 2.75) is 26.1 Å². The largest absolute Gasteiger partial charge is 0.476 e. The number of esters is 1. The van der Waals surface area contributed by atoms with Crippen LogP contribution in [0.15, 0.2) is 73.1 Å². The molecule has 0 aliphatic rings. The molecule has 0 aliphatic heterocycles. The average Bonchev–Trinajstić information content (AvgIpc) is 2.73. The molecule has 0 spiro atoms. The van der Waals surface area contributed by atoms with E-state index in [2.05, 4.69) is 4.98 Å². The van der Waals surface area contributed by atoms with Gasteiger partial charge >= 0.3 is 5.97 Å². The first-order chi connectivity index (χ1) is 13.8. The highest BCUT2D eigenvalue weighted by molar-refractivity contribution is 6.30. The molecule has 0 saturated heterocycles. The zero-order valence-electron chi connectivity index (χ0n) is 16.5. The molecular formula is C23H21Cl2NO4. The molecule has 30 heavy (non-hydrogen) atoms. The Bertz CT molecular complexity index is 988. The van der Waals surface area contributed by atoms with Crippen LogP contribution in [0.5, 0.6) is 5.75 Å². The Morgan fingerprint density at radius 3 is 2.13 bits per heavy atom. The molecule has 0 atom stereocenters. The number of rotatable bonds is 7. The summed E-state index contributed by atoms with van der Waals surface area (Å²) in [5.74, 6) is -0.160.